The molecule has 3 aromatic rings. The second kappa shape index (κ2) is 7.33. The normalized spacial score (nSPS) is 19.9. The monoisotopic (exact) mass is 380 g/mol. The minimum absolute atomic E-state index is 0.138. The van der Waals surface area contributed by atoms with Gasteiger partial charge in [0.1, 0.15) is 11.7 Å². The van der Waals surface area contributed by atoms with Crippen LogP contribution < -0.4 is 0 Å². The number of amides is 1. The molecular formula is C21H24N4O3. The zero-order valence-corrected chi connectivity index (χ0v) is 16.3. The molecule has 0 bridgehead atoms. The predicted octanol–water partition coefficient (Wildman–Crippen LogP) is 2.23. The van der Waals surface area contributed by atoms with Crippen molar-refractivity contribution in [3.05, 3.63) is 64.6 Å². The third-order valence-corrected chi connectivity index (χ3v) is 5.22. The molecule has 1 aliphatic heterocycles. The maximum Gasteiger partial charge on any atom is 0.260 e. The first-order valence-corrected chi connectivity index (χ1v) is 9.43. The topological polar surface area (TPSA) is 80.0 Å². The number of fused-ring (bicyclic) bond motifs is 1. The van der Waals surface area contributed by atoms with Gasteiger partial charge in [-0.05, 0) is 32.4 Å². The smallest absolute Gasteiger partial charge is 0.260 e. The van der Waals surface area contributed by atoms with Gasteiger partial charge in [-0.15, -0.1) is 0 Å². The predicted molar refractivity (Wildman–Crippen MR) is 104 cm³/mol. The van der Waals surface area contributed by atoms with Crippen molar-refractivity contribution < 1.29 is 14.6 Å². The molecule has 1 saturated heterocycles. The second-order valence-corrected chi connectivity index (χ2v) is 7.18. The van der Waals surface area contributed by atoms with Crippen LogP contribution in [0.15, 0.2) is 36.4 Å². The van der Waals surface area contributed by atoms with Crippen molar-refractivity contribution in [3.8, 4) is 0 Å². The highest BCUT2D eigenvalue weighted by Crippen LogP contribution is 2.32. The number of aliphatic hydroxyl groups is 1. The summed E-state index contributed by atoms with van der Waals surface area (Å²) >= 11 is 0. The SMILES string of the molecule is Cc1cc(C)n2nc(C)c(C(=O)N3CCO[C@@H](CO)[C@@H]3c3ccccc3)c2n1. The summed E-state index contributed by atoms with van der Waals surface area (Å²) in [5, 5.41) is 14.4. The third kappa shape index (κ3) is 3.06. The fourth-order valence-corrected chi connectivity index (χ4v) is 3.98. The fraction of sp³-hybridized carbons (Fsp3) is 0.381. The Hall–Kier alpha value is -2.77. The van der Waals surface area contributed by atoms with Crippen LogP contribution in [0.25, 0.3) is 5.65 Å². The van der Waals surface area contributed by atoms with Crippen molar-refractivity contribution >= 4 is 11.6 Å². The number of nitrogens with zero attached hydrogens (tertiary/aromatic N) is 4. The molecule has 1 aliphatic rings. The molecule has 0 unspecified atom stereocenters. The minimum Gasteiger partial charge on any atom is -0.394 e. The average Bonchev–Trinajstić information content (AvgIpc) is 3.03. The van der Waals surface area contributed by atoms with E-state index in [9.17, 15) is 9.90 Å². The number of carbonyl (C=O) groups excluding carboxylic acids is 1. The maximum absolute atomic E-state index is 13.7. The van der Waals surface area contributed by atoms with Gasteiger partial charge in [0.2, 0.25) is 0 Å². The largest absolute Gasteiger partial charge is 0.394 e. The van der Waals surface area contributed by atoms with Gasteiger partial charge in [-0.3, -0.25) is 4.79 Å². The lowest BCUT2D eigenvalue weighted by Crippen LogP contribution is -2.49. The van der Waals surface area contributed by atoms with E-state index in [1.54, 1.807) is 9.42 Å². The Morgan fingerprint density at radius 1 is 1.25 bits per heavy atom. The van der Waals surface area contributed by atoms with E-state index in [-0.39, 0.29) is 18.6 Å². The van der Waals surface area contributed by atoms with Crippen LogP contribution in [0.5, 0.6) is 0 Å². The lowest BCUT2D eigenvalue weighted by molar-refractivity contribution is -0.0811. The van der Waals surface area contributed by atoms with Gasteiger partial charge in [-0.2, -0.15) is 5.10 Å². The summed E-state index contributed by atoms with van der Waals surface area (Å²) in [5.74, 6) is -0.138. The quantitative estimate of drug-likeness (QED) is 0.754. The maximum atomic E-state index is 13.7. The first kappa shape index (κ1) is 18.6. The van der Waals surface area contributed by atoms with Crippen LogP contribution in [-0.2, 0) is 4.74 Å². The van der Waals surface area contributed by atoms with Gasteiger partial charge in [0.15, 0.2) is 5.65 Å². The summed E-state index contributed by atoms with van der Waals surface area (Å²) < 4.78 is 7.49. The average molecular weight is 380 g/mol. The van der Waals surface area contributed by atoms with Gasteiger partial charge in [0.05, 0.1) is 24.9 Å². The van der Waals surface area contributed by atoms with Crippen LogP contribution in [0.2, 0.25) is 0 Å². The number of hydrogen-bond donors (Lipinski definition) is 1. The number of morpholine rings is 1. The molecule has 0 aliphatic carbocycles. The highest BCUT2D eigenvalue weighted by molar-refractivity contribution is 6.01. The fourth-order valence-electron chi connectivity index (χ4n) is 3.98. The van der Waals surface area contributed by atoms with Crippen molar-refractivity contribution in [2.75, 3.05) is 19.8 Å². The highest BCUT2D eigenvalue weighted by atomic mass is 16.5. The van der Waals surface area contributed by atoms with E-state index in [1.165, 1.54) is 0 Å². The molecule has 0 saturated carbocycles. The number of rotatable bonds is 3. The van der Waals surface area contributed by atoms with E-state index in [0.717, 1.165) is 17.0 Å². The molecule has 1 fully saturated rings. The molecule has 0 radical (unpaired) electrons. The molecule has 1 N–H and O–H groups in total. The van der Waals surface area contributed by atoms with Crippen molar-refractivity contribution in [2.45, 2.75) is 32.9 Å². The van der Waals surface area contributed by atoms with E-state index in [2.05, 4.69) is 10.1 Å². The number of aliphatic hydroxyl groups excluding tert-OH is 1. The number of carbonyl (C=O) groups is 1. The minimum atomic E-state index is -0.473. The van der Waals surface area contributed by atoms with Crippen LogP contribution in [0.3, 0.4) is 0 Å². The first-order chi connectivity index (χ1) is 13.5. The molecule has 1 aromatic carbocycles. The zero-order chi connectivity index (χ0) is 19.8. The van der Waals surface area contributed by atoms with E-state index in [4.69, 9.17) is 4.74 Å². The van der Waals surface area contributed by atoms with E-state index in [1.807, 2.05) is 57.2 Å². The Labute approximate surface area is 163 Å². The van der Waals surface area contributed by atoms with Gasteiger partial charge in [-0.25, -0.2) is 9.50 Å². The molecule has 28 heavy (non-hydrogen) atoms. The summed E-state index contributed by atoms with van der Waals surface area (Å²) in [5.41, 5.74) is 4.42. The van der Waals surface area contributed by atoms with Crippen molar-refractivity contribution in [2.24, 2.45) is 0 Å². The molecular weight excluding hydrogens is 356 g/mol. The van der Waals surface area contributed by atoms with Crippen molar-refractivity contribution in [1.82, 2.24) is 19.5 Å². The standard InChI is InChI=1S/C21H24N4O3/c1-13-11-14(2)25-20(22-13)18(15(3)23-25)21(27)24-9-10-28-17(12-26)19(24)16-7-5-4-6-8-16/h4-8,11,17,19,26H,9-10,12H2,1-3H3/t17-,19-/m0/s1. The number of aromatic nitrogens is 3. The Morgan fingerprint density at radius 3 is 2.71 bits per heavy atom. The molecule has 1 amide bonds. The Morgan fingerprint density at radius 2 is 2.00 bits per heavy atom. The Bertz CT molecular complexity index is 1020. The van der Waals surface area contributed by atoms with Crippen LogP contribution in [0.4, 0.5) is 0 Å². The van der Waals surface area contributed by atoms with Gasteiger partial charge in [-0.1, -0.05) is 30.3 Å². The Kier molecular flexibility index (Phi) is 4.87. The summed E-state index contributed by atoms with van der Waals surface area (Å²) in [7, 11) is 0. The number of aryl methyl sites for hydroxylation is 3. The summed E-state index contributed by atoms with van der Waals surface area (Å²) in [6.45, 7) is 6.35. The number of benzene rings is 1. The highest BCUT2D eigenvalue weighted by Gasteiger charge is 2.38. The lowest BCUT2D eigenvalue weighted by Gasteiger charge is -2.40. The van der Waals surface area contributed by atoms with Crippen LogP contribution in [0.1, 0.15) is 39.0 Å². The lowest BCUT2D eigenvalue weighted by atomic mass is 9.97. The van der Waals surface area contributed by atoms with Crippen molar-refractivity contribution in [1.29, 1.82) is 0 Å². The molecule has 0 spiro atoms. The summed E-state index contributed by atoms with van der Waals surface area (Å²) in [6.07, 6.45) is -0.473. The molecule has 7 heteroatoms. The zero-order valence-electron chi connectivity index (χ0n) is 16.3. The summed E-state index contributed by atoms with van der Waals surface area (Å²) in [4.78, 5) is 20.0. The molecule has 2 atom stereocenters. The Balaban J connectivity index is 1.82. The number of ether oxygens (including phenoxy) is 1. The second-order valence-electron chi connectivity index (χ2n) is 7.18. The van der Waals surface area contributed by atoms with Gasteiger partial charge in [0, 0.05) is 17.9 Å². The van der Waals surface area contributed by atoms with Crippen molar-refractivity contribution in [3.63, 3.8) is 0 Å². The molecule has 146 valence electrons. The van der Waals surface area contributed by atoms with Crippen LogP contribution in [-0.4, -0.2) is 56.4 Å². The van der Waals surface area contributed by atoms with Gasteiger partial charge < -0.3 is 14.7 Å². The first-order valence-electron chi connectivity index (χ1n) is 9.43. The van der Waals surface area contributed by atoms with Gasteiger partial charge >= 0.3 is 0 Å². The molecule has 2 aromatic heterocycles. The van der Waals surface area contributed by atoms with Gasteiger partial charge in [0.25, 0.3) is 5.91 Å². The van der Waals surface area contributed by atoms with Crippen LogP contribution in [0, 0.1) is 20.8 Å². The van der Waals surface area contributed by atoms with E-state index >= 15 is 0 Å². The number of hydrogen-bond acceptors (Lipinski definition) is 5. The molecule has 3 heterocycles. The van der Waals surface area contributed by atoms with E-state index in [0.29, 0.717) is 30.1 Å². The summed E-state index contributed by atoms with van der Waals surface area (Å²) in [6, 6.07) is 11.3. The van der Waals surface area contributed by atoms with Crippen LogP contribution >= 0.6 is 0 Å². The third-order valence-electron chi connectivity index (χ3n) is 5.22. The molecule has 4 rings (SSSR count). The molecule has 7 nitrogen and oxygen atoms in total. The van der Waals surface area contributed by atoms with E-state index < -0.39 is 6.10 Å².